The summed E-state index contributed by atoms with van der Waals surface area (Å²) in [5, 5.41) is 5.02. The normalized spacial score (nSPS) is 19.2. The van der Waals surface area contributed by atoms with Gasteiger partial charge in [0.1, 0.15) is 5.15 Å². The zero-order chi connectivity index (χ0) is 9.26. The molecule has 0 aromatic carbocycles. The highest BCUT2D eigenvalue weighted by Gasteiger charge is 2.18. The Balaban J connectivity index is 2.18. The second-order valence-corrected chi connectivity index (χ2v) is 4.73. The molecule has 0 amide bonds. The lowest BCUT2D eigenvalue weighted by molar-refractivity contribution is 0.330. The van der Waals surface area contributed by atoms with Gasteiger partial charge < -0.3 is 0 Å². The molecule has 0 N–H and O–H groups in total. The van der Waals surface area contributed by atoms with Gasteiger partial charge in [0.15, 0.2) is 0 Å². The fourth-order valence-electron chi connectivity index (χ4n) is 1.91. The fourth-order valence-corrected chi connectivity index (χ4v) is 2.41. The van der Waals surface area contributed by atoms with Crippen molar-refractivity contribution in [3.63, 3.8) is 0 Å². The quantitative estimate of drug-likeness (QED) is 0.753. The molecule has 1 heterocycles. The molecule has 2 rings (SSSR count). The molecule has 1 aliphatic rings. The molecule has 1 aromatic heterocycles. The van der Waals surface area contributed by atoms with Gasteiger partial charge in [0.25, 0.3) is 0 Å². The van der Waals surface area contributed by atoms with Crippen molar-refractivity contribution in [3.8, 4) is 0 Å². The molecular weight excluding hydrogens is 251 g/mol. The van der Waals surface area contributed by atoms with Crippen LogP contribution in [0.4, 0.5) is 0 Å². The topological polar surface area (TPSA) is 17.8 Å². The van der Waals surface area contributed by atoms with Gasteiger partial charge in [-0.25, -0.2) is 4.68 Å². The second-order valence-electron chi connectivity index (χ2n) is 3.52. The largest absolute Gasteiger partial charge is 0.250 e. The molecule has 0 spiro atoms. The molecule has 0 radical (unpaired) electrons. The van der Waals surface area contributed by atoms with Gasteiger partial charge in [0, 0.05) is 0 Å². The number of halogens is 2. The zero-order valence-electron chi connectivity index (χ0n) is 7.34. The van der Waals surface area contributed by atoms with Crippen LogP contribution in [-0.2, 0) is 0 Å². The second kappa shape index (κ2) is 4.01. The first kappa shape index (κ1) is 9.53. The summed E-state index contributed by atoms with van der Waals surface area (Å²) in [4.78, 5) is 0. The van der Waals surface area contributed by atoms with Crippen molar-refractivity contribution in [1.82, 2.24) is 9.78 Å². The minimum atomic E-state index is 0.521. The van der Waals surface area contributed by atoms with E-state index in [1.165, 1.54) is 32.1 Å². The van der Waals surface area contributed by atoms with E-state index in [9.17, 15) is 0 Å². The lowest BCUT2D eigenvalue weighted by Crippen LogP contribution is -2.13. The average Bonchev–Trinajstić information content (AvgIpc) is 2.49. The van der Waals surface area contributed by atoms with Crippen LogP contribution in [0.5, 0.6) is 0 Å². The molecular formula is C9H12BrClN2. The van der Waals surface area contributed by atoms with Crippen molar-refractivity contribution in [2.75, 3.05) is 0 Å². The molecule has 0 aliphatic heterocycles. The Morgan fingerprint density at radius 2 is 2.08 bits per heavy atom. The van der Waals surface area contributed by atoms with Crippen molar-refractivity contribution >= 4 is 27.5 Å². The smallest absolute Gasteiger partial charge is 0.141 e. The van der Waals surface area contributed by atoms with Crippen LogP contribution in [0, 0.1) is 0 Å². The van der Waals surface area contributed by atoms with Gasteiger partial charge in [-0.15, -0.1) is 0 Å². The first-order valence-corrected chi connectivity index (χ1v) is 5.84. The van der Waals surface area contributed by atoms with Crippen molar-refractivity contribution < 1.29 is 0 Å². The number of rotatable bonds is 1. The SMILES string of the molecule is Clc1c(Br)cnn1C1CCCCC1. The summed E-state index contributed by atoms with van der Waals surface area (Å²) < 4.78 is 2.85. The summed E-state index contributed by atoms with van der Waals surface area (Å²) >= 11 is 9.46. The van der Waals surface area contributed by atoms with E-state index in [4.69, 9.17) is 11.6 Å². The van der Waals surface area contributed by atoms with Gasteiger partial charge in [-0.1, -0.05) is 30.9 Å². The van der Waals surface area contributed by atoms with Gasteiger partial charge >= 0.3 is 0 Å². The molecule has 0 unspecified atom stereocenters. The molecule has 0 atom stereocenters. The average molecular weight is 264 g/mol. The van der Waals surface area contributed by atoms with Gasteiger partial charge in [-0.3, -0.25) is 0 Å². The molecule has 4 heteroatoms. The Bertz CT molecular complexity index is 292. The maximum atomic E-state index is 6.10. The molecule has 1 fully saturated rings. The molecule has 0 bridgehead atoms. The highest BCUT2D eigenvalue weighted by Crippen LogP contribution is 2.32. The standard InChI is InChI=1S/C9H12BrClN2/c10-8-6-12-13(9(8)11)7-4-2-1-3-5-7/h6-7H,1-5H2. The first-order valence-electron chi connectivity index (χ1n) is 4.67. The molecule has 72 valence electrons. The Labute approximate surface area is 91.4 Å². The highest BCUT2D eigenvalue weighted by molar-refractivity contribution is 9.10. The molecule has 13 heavy (non-hydrogen) atoms. The minimum Gasteiger partial charge on any atom is -0.250 e. The van der Waals surface area contributed by atoms with Crippen LogP contribution in [0.15, 0.2) is 10.7 Å². The van der Waals surface area contributed by atoms with E-state index in [1.807, 2.05) is 4.68 Å². The van der Waals surface area contributed by atoms with Gasteiger partial charge in [-0.2, -0.15) is 5.10 Å². The minimum absolute atomic E-state index is 0.521. The Kier molecular flexibility index (Phi) is 2.94. The van der Waals surface area contributed by atoms with Gasteiger partial charge in [0.05, 0.1) is 16.7 Å². The van der Waals surface area contributed by atoms with E-state index in [-0.39, 0.29) is 0 Å². The number of hydrogen-bond acceptors (Lipinski definition) is 1. The third-order valence-corrected chi connectivity index (χ3v) is 3.80. The van der Waals surface area contributed by atoms with Crippen molar-refractivity contribution in [1.29, 1.82) is 0 Å². The summed E-state index contributed by atoms with van der Waals surface area (Å²) in [6.07, 6.45) is 8.17. The number of aromatic nitrogens is 2. The lowest BCUT2D eigenvalue weighted by Gasteiger charge is -2.22. The van der Waals surface area contributed by atoms with E-state index in [2.05, 4.69) is 21.0 Å². The monoisotopic (exact) mass is 262 g/mol. The molecule has 1 aliphatic carbocycles. The Hall–Kier alpha value is -0.0200. The van der Waals surface area contributed by atoms with Crippen LogP contribution < -0.4 is 0 Å². The first-order chi connectivity index (χ1) is 6.29. The van der Waals surface area contributed by atoms with Crippen LogP contribution in [0.1, 0.15) is 38.1 Å². The van der Waals surface area contributed by atoms with Crippen molar-refractivity contribution in [2.45, 2.75) is 38.1 Å². The number of hydrogen-bond donors (Lipinski definition) is 0. The maximum Gasteiger partial charge on any atom is 0.141 e. The van der Waals surface area contributed by atoms with E-state index >= 15 is 0 Å². The predicted molar refractivity (Wildman–Crippen MR) is 57.1 cm³/mol. The van der Waals surface area contributed by atoms with Crippen LogP contribution in [-0.4, -0.2) is 9.78 Å². The van der Waals surface area contributed by atoms with Gasteiger partial charge in [-0.05, 0) is 28.8 Å². The summed E-state index contributed by atoms with van der Waals surface area (Å²) in [5.41, 5.74) is 0. The fraction of sp³-hybridized carbons (Fsp3) is 0.667. The van der Waals surface area contributed by atoms with Crippen LogP contribution in [0.25, 0.3) is 0 Å². The van der Waals surface area contributed by atoms with Crippen LogP contribution in [0.2, 0.25) is 5.15 Å². The van der Waals surface area contributed by atoms with Crippen LogP contribution in [0.3, 0.4) is 0 Å². The Morgan fingerprint density at radius 1 is 1.38 bits per heavy atom. The van der Waals surface area contributed by atoms with Crippen LogP contribution >= 0.6 is 27.5 Å². The molecule has 1 aromatic rings. The third-order valence-electron chi connectivity index (χ3n) is 2.61. The number of nitrogens with zero attached hydrogens (tertiary/aromatic N) is 2. The van der Waals surface area contributed by atoms with Gasteiger partial charge in [0.2, 0.25) is 0 Å². The van der Waals surface area contributed by atoms with E-state index < -0.39 is 0 Å². The molecule has 2 nitrogen and oxygen atoms in total. The molecule has 1 saturated carbocycles. The summed E-state index contributed by atoms with van der Waals surface area (Å²) in [7, 11) is 0. The predicted octanol–water partition coefficient (Wildman–Crippen LogP) is 3.80. The highest BCUT2D eigenvalue weighted by atomic mass is 79.9. The third kappa shape index (κ3) is 1.91. The summed E-state index contributed by atoms with van der Waals surface area (Å²) in [5.74, 6) is 0. The van der Waals surface area contributed by atoms with Crippen molar-refractivity contribution in [2.24, 2.45) is 0 Å². The lowest BCUT2D eigenvalue weighted by atomic mass is 9.96. The Morgan fingerprint density at radius 3 is 2.62 bits per heavy atom. The van der Waals surface area contributed by atoms with Crippen molar-refractivity contribution in [3.05, 3.63) is 15.8 Å². The van der Waals surface area contributed by atoms with E-state index in [1.54, 1.807) is 6.20 Å². The van der Waals surface area contributed by atoms with E-state index in [0.717, 1.165) is 9.63 Å². The zero-order valence-corrected chi connectivity index (χ0v) is 9.68. The maximum absolute atomic E-state index is 6.10. The van der Waals surface area contributed by atoms with E-state index in [0.29, 0.717) is 6.04 Å². The summed E-state index contributed by atoms with van der Waals surface area (Å²) in [6, 6.07) is 0.521. The molecule has 0 saturated heterocycles. The summed E-state index contributed by atoms with van der Waals surface area (Å²) in [6.45, 7) is 0.